The van der Waals surface area contributed by atoms with Crippen LogP contribution in [0.1, 0.15) is 81.1 Å². The fraction of sp³-hybridized carbons (Fsp3) is 0.818. The highest BCUT2D eigenvalue weighted by Gasteiger charge is 2.16. The highest BCUT2D eigenvalue weighted by molar-refractivity contribution is 5.91. The first-order valence-corrected chi connectivity index (χ1v) is 9.80. The standard InChI is InChI=1S/C22H40O4/c1-17(15-21(3,4)5)11-13-25-19(23)9-10-20(24)26-14-12-18(2)16-22(6,7)8/h9-10,17-18H,11-16H2,1-8H3/b10-9-. The maximum absolute atomic E-state index is 11.6. The van der Waals surface area contributed by atoms with E-state index in [1.165, 1.54) is 0 Å². The molecule has 4 heteroatoms. The van der Waals surface area contributed by atoms with Gasteiger partial charge in [0.2, 0.25) is 0 Å². The third-order valence-electron chi connectivity index (χ3n) is 3.99. The highest BCUT2D eigenvalue weighted by atomic mass is 16.5. The van der Waals surface area contributed by atoms with Crippen LogP contribution in [0, 0.1) is 22.7 Å². The second kappa shape index (κ2) is 11.4. The Morgan fingerprint density at radius 1 is 0.731 bits per heavy atom. The molecule has 0 radical (unpaired) electrons. The van der Waals surface area contributed by atoms with Crippen molar-refractivity contribution in [2.75, 3.05) is 13.2 Å². The van der Waals surface area contributed by atoms with Crippen LogP contribution in [-0.4, -0.2) is 25.2 Å². The molecule has 0 amide bonds. The Balaban J connectivity index is 3.94. The normalized spacial score (nSPS) is 14.9. The molecule has 0 aromatic heterocycles. The van der Waals surface area contributed by atoms with Crippen molar-refractivity contribution in [1.82, 2.24) is 0 Å². The van der Waals surface area contributed by atoms with Gasteiger partial charge in [-0.1, -0.05) is 55.4 Å². The van der Waals surface area contributed by atoms with Crippen LogP contribution >= 0.6 is 0 Å². The van der Waals surface area contributed by atoms with Gasteiger partial charge in [0.05, 0.1) is 13.2 Å². The van der Waals surface area contributed by atoms with E-state index in [4.69, 9.17) is 9.47 Å². The summed E-state index contributed by atoms with van der Waals surface area (Å²) < 4.78 is 10.3. The quantitative estimate of drug-likeness (QED) is 0.374. The van der Waals surface area contributed by atoms with E-state index in [0.29, 0.717) is 25.0 Å². The van der Waals surface area contributed by atoms with Crippen LogP contribution in [0.2, 0.25) is 0 Å². The molecule has 0 aliphatic rings. The van der Waals surface area contributed by atoms with Crippen molar-refractivity contribution in [2.24, 2.45) is 22.7 Å². The Labute approximate surface area is 160 Å². The van der Waals surface area contributed by atoms with Crippen molar-refractivity contribution in [2.45, 2.75) is 81.1 Å². The number of hydrogen-bond acceptors (Lipinski definition) is 4. The average molecular weight is 369 g/mol. The third kappa shape index (κ3) is 16.2. The van der Waals surface area contributed by atoms with Crippen molar-refractivity contribution < 1.29 is 19.1 Å². The molecule has 0 N–H and O–H groups in total. The highest BCUT2D eigenvalue weighted by Crippen LogP contribution is 2.26. The molecule has 0 aromatic carbocycles. The third-order valence-corrected chi connectivity index (χ3v) is 3.99. The number of esters is 2. The fourth-order valence-electron chi connectivity index (χ4n) is 3.25. The van der Waals surface area contributed by atoms with Gasteiger partial charge >= 0.3 is 11.9 Å². The molecule has 4 nitrogen and oxygen atoms in total. The summed E-state index contributed by atoms with van der Waals surface area (Å²) in [7, 11) is 0. The van der Waals surface area contributed by atoms with Gasteiger partial charge in [0.15, 0.2) is 0 Å². The Kier molecular flexibility index (Phi) is 10.8. The Bertz CT molecular complexity index is 410. The lowest BCUT2D eigenvalue weighted by atomic mass is 9.84. The second-order valence-electron chi connectivity index (χ2n) is 9.99. The van der Waals surface area contributed by atoms with Crippen LogP contribution in [0.4, 0.5) is 0 Å². The molecule has 0 aromatic rings. The first-order valence-electron chi connectivity index (χ1n) is 9.80. The van der Waals surface area contributed by atoms with Crippen LogP contribution in [0.25, 0.3) is 0 Å². The molecule has 0 heterocycles. The molecule has 0 fully saturated rings. The van der Waals surface area contributed by atoms with E-state index in [1.807, 2.05) is 0 Å². The molecule has 26 heavy (non-hydrogen) atoms. The smallest absolute Gasteiger partial charge is 0.331 e. The van der Waals surface area contributed by atoms with Crippen molar-refractivity contribution in [3.8, 4) is 0 Å². The monoisotopic (exact) mass is 368 g/mol. The van der Waals surface area contributed by atoms with Gasteiger partial charge in [-0.3, -0.25) is 0 Å². The van der Waals surface area contributed by atoms with Gasteiger partial charge in [-0.05, 0) is 48.3 Å². The van der Waals surface area contributed by atoms with Gasteiger partial charge in [0, 0.05) is 12.2 Å². The summed E-state index contributed by atoms with van der Waals surface area (Å²) in [4.78, 5) is 23.3. The van der Waals surface area contributed by atoms with E-state index in [9.17, 15) is 9.59 Å². The molecule has 0 saturated carbocycles. The number of carbonyl (C=O) groups is 2. The summed E-state index contributed by atoms with van der Waals surface area (Å²) >= 11 is 0. The topological polar surface area (TPSA) is 52.6 Å². The van der Waals surface area contributed by atoms with Crippen molar-refractivity contribution in [1.29, 1.82) is 0 Å². The molecule has 0 rings (SSSR count). The summed E-state index contributed by atoms with van der Waals surface area (Å²) in [6.07, 6.45) is 6.12. The van der Waals surface area contributed by atoms with E-state index in [1.54, 1.807) is 0 Å². The predicted molar refractivity (Wildman–Crippen MR) is 107 cm³/mol. The van der Waals surface area contributed by atoms with Crippen molar-refractivity contribution in [3.05, 3.63) is 12.2 Å². The van der Waals surface area contributed by atoms with Gasteiger partial charge in [0.25, 0.3) is 0 Å². The van der Waals surface area contributed by atoms with Crippen molar-refractivity contribution in [3.63, 3.8) is 0 Å². The number of carbonyl (C=O) groups excluding carboxylic acids is 2. The summed E-state index contributed by atoms with van der Waals surface area (Å²) in [6.45, 7) is 18.3. The average Bonchev–Trinajstić information content (AvgIpc) is 2.41. The van der Waals surface area contributed by atoms with Crippen LogP contribution in [0.15, 0.2) is 12.2 Å². The molecule has 2 unspecified atom stereocenters. The summed E-state index contributed by atoms with van der Waals surface area (Å²) in [5.74, 6) is -0.00400. The molecule has 0 spiro atoms. The minimum absolute atomic E-state index is 0.275. The van der Waals surface area contributed by atoms with E-state index < -0.39 is 11.9 Å². The largest absolute Gasteiger partial charge is 0.463 e. The lowest BCUT2D eigenvalue weighted by Gasteiger charge is -2.23. The van der Waals surface area contributed by atoms with Crippen LogP contribution in [-0.2, 0) is 19.1 Å². The maximum atomic E-state index is 11.6. The SMILES string of the molecule is CC(CCOC(=O)/C=C\C(=O)OCCC(C)CC(C)(C)C)CC(C)(C)C. The minimum Gasteiger partial charge on any atom is -0.463 e. The molecule has 0 aliphatic carbocycles. The first-order chi connectivity index (χ1) is 11.8. The van der Waals surface area contributed by atoms with Crippen LogP contribution in [0.3, 0.4) is 0 Å². The number of ether oxygens (including phenoxy) is 2. The van der Waals surface area contributed by atoms with Crippen molar-refractivity contribution >= 4 is 11.9 Å². The Morgan fingerprint density at radius 2 is 1.04 bits per heavy atom. The van der Waals surface area contributed by atoms with E-state index in [2.05, 4.69) is 55.4 Å². The molecule has 2 atom stereocenters. The van der Waals surface area contributed by atoms with Crippen LogP contribution < -0.4 is 0 Å². The van der Waals surface area contributed by atoms with Gasteiger partial charge < -0.3 is 9.47 Å². The van der Waals surface area contributed by atoms with Crippen LogP contribution in [0.5, 0.6) is 0 Å². The van der Waals surface area contributed by atoms with E-state index >= 15 is 0 Å². The molecular formula is C22H40O4. The maximum Gasteiger partial charge on any atom is 0.331 e. The molecular weight excluding hydrogens is 328 g/mol. The Morgan fingerprint density at radius 3 is 1.31 bits per heavy atom. The summed E-state index contributed by atoms with van der Waals surface area (Å²) in [5.41, 5.74) is 0.551. The lowest BCUT2D eigenvalue weighted by Crippen LogP contribution is -2.14. The second-order valence-corrected chi connectivity index (χ2v) is 9.99. The number of hydrogen-bond donors (Lipinski definition) is 0. The zero-order valence-electron chi connectivity index (χ0n) is 18.2. The van der Waals surface area contributed by atoms with Gasteiger partial charge in [-0.15, -0.1) is 0 Å². The zero-order valence-corrected chi connectivity index (χ0v) is 18.2. The minimum atomic E-state index is -0.494. The summed E-state index contributed by atoms with van der Waals surface area (Å²) in [6, 6.07) is 0. The predicted octanol–water partition coefficient (Wildman–Crippen LogP) is 5.55. The lowest BCUT2D eigenvalue weighted by molar-refractivity contribution is -0.140. The fourth-order valence-corrected chi connectivity index (χ4v) is 3.25. The van der Waals surface area contributed by atoms with E-state index in [-0.39, 0.29) is 10.8 Å². The molecule has 152 valence electrons. The first kappa shape index (κ1) is 24.7. The molecule has 0 saturated heterocycles. The Hall–Kier alpha value is -1.32. The molecule has 0 bridgehead atoms. The number of rotatable bonds is 10. The molecule has 0 aliphatic heterocycles. The van der Waals surface area contributed by atoms with E-state index in [0.717, 1.165) is 37.8 Å². The summed E-state index contributed by atoms with van der Waals surface area (Å²) in [5, 5.41) is 0. The van der Waals surface area contributed by atoms with Gasteiger partial charge in [-0.2, -0.15) is 0 Å². The van der Waals surface area contributed by atoms with Gasteiger partial charge in [0.1, 0.15) is 0 Å². The van der Waals surface area contributed by atoms with Gasteiger partial charge in [-0.25, -0.2) is 9.59 Å². The zero-order chi connectivity index (χ0) is 20.4.